The van der Waals surface area contributed by atoms with Crippen molar-refractivity contribution in [3.8, 4) is 0 Å². The summed E-state index contributed by atoms with van der Waals surface area (Å²) in [6, 6.07) is 1.82. The summed E-state index contributed by atoms with van der Waals surface area (Å²) < 4.78 is 41.2. The molecule has 7 heteroatoms. The topological polar surface area (TPSA) is 65.2 Å². The van der Waals surface area contributed by atoms with E-state index < -0.39 is 17.8 Å². The van der Waals surface area contributed by atoms with Crippen LogP contribution in [-0.4, -0.2) is 18.1 Å². The molecule has 0 atom stereocenters. The van der Waals surface area contributed by atoms with Crippen molar-refractivity contribution in [1.82, 2.24) is 4.98 Å². The van der Waals surface area contributed by atoms with Gasteiger partial charge in [0.05, 0.1) is 24.9 Å². The van der Waals surface area contributed by atoms with Gasteiger partial charge in [-0.15, -0.1) is 0 Å². The second-order valence-electron chi connectivity index (χ2n) is 2.98. The van der Waals surface area contributed by atoms with E-state index in [1.165, 1.54) is 0 Å². The average molecular weight is 234 g/mol. The molecule has 0 spiro atoms. The molecule has 88 valence electrons. The number of alkyl halides is 3. The Hall–Kier alpha value is -1.79. The van der Waals surface area contributed by atoms with Crippen LogP contribution in [0.5, 0.6) is 0 Å². The normalized spacial score (nSPS) is 11.2. The zero-order valence-electron chi connectivity index (χ0n) is 8.34. The second kappa shape index (κ2) is 4.38. The largest absolute Gasteiger partial charge is 0.469 e. The van der Waals surface area contributed by atoms with E-state index in [0.717, 1.165) is 19.2 Å². The Bertz CT molecular complexity index is 404. The fraction of sp³-hybridized carbons (Fsp3) is 0.333. The number of nitrogens with two attached hydrogens (primary N) is 1. The summed E-state index contributed by atoms with van der Waals surface area (Å²) in [5.74, 6) is -0.696. The average Bonchev–Trinajstić information content (AvgIpc) is 2.19. The maximum absolute atomic E-state index is 12.3. The zero-order valence-corrected chi connectivity index (χ0v) is 8.34. The van der Waals surface area contributed by atoms with E-state index in [9.17, 15) is 18.0 Å². The summed E-state index contributed by atoms with van der Waals surface area (Å²) >= 11 is 0. The highest BCUT2D eigenvalue weighted by Crippen LogP contribution is 2.28. The predicted octanol–water partition coefficient (Wildman–Crippen LogP) is 1.40. The molecule has 0 saturated heterocycles. The lowest BCUT2D eigenvalue weighted by Crippen LogP contribution is -2.14. The molecule has 0 aliphatic heterocycles. The van der Waals surface area contributed by atoms with Crippen LogP contribution in [-0.2, 0) is 22.1 Å². The number of rotatable bonds is 2. The van der Waals surface area contributed by atoms with E-state index in [-0.39, 0.29) is 17.8 Å². The number of halogens is 3. The minimum Gasteiger partial charge on any atom is -0.469 e. The van der Waals surface area contributed by atoms with Crippen LogP contribution >= 0.6 is 0 Å². The number of methoxy groups -OCH3 is 1. The third-order valence-electron chi connectivity index (χ3n) is 1.84. The lowest BCUT2D eigenvalue weighted by Gasteiger charge is -2.09. The van der Waals surface area contributed by atoms with Crippen LogP contribution in [0, 0.1) is 0 Å². The van der Waals surface area contributed by atoms with Gasteiger partial charge >= 0.3 is 12.1 Å². The van der Waals surface area contributed by atoms with E-state index in [1.807, 2.05) is 0 Å². The lowest BCUT2D eigenvalue weighted by atomic mass is 10.2. The van der Waals surface area contributed by atoms with Gasteiger partial charge in [-0.25, -0.2) is 4.98 Å². The van der Waals surface area contributed by atoms with Crippen molar-refractivity contribution in [2.75, 3.05) is 12.8 Å². The molecule has 0 radical (unpaired) electrons. The molecule has 1 aromatic heterocycles. The molecule has 0 unspecified atom stereocenters. The Morgan fingerprint density at radius 2 is 2.12 bits per heavy atom. The third kappa shape index (κ3) is 2.85. The fourth-order valence-corrected chi connectivity index (χ4v) is 1.02. The summed E-state index contributed by atoms with van der Waals surface area (Å²) in [4.78, 5) is 14.2. The smallest absolute Gasteiger partial charge is 0.433 e. The number of aromatic nitrogens is 1. The Morgan fingerprint density at radius 1 is 1.50 bits per heavy atom. The van der Waals surface area contributed by atoms with Gasteiger partial charge in [-0.05, 0) is 12.1 Å². The van der Waals surface area contributed by atoms with Gasteiger partial charge in [-0.3, -0.25) is 4.79 Å². The van der Waals surface area contributed by atoms with Gasteiger partial charge in [0, 0.05) is 0 Å². The Balaban J connectivity index is 3.04. The van der Waals surface area contributed by atoms with Crippen molar-refractivity contribution in [3.63, 3.8) is 0 Å². The third-order valence-corrected chi connectivity index (χ3v) is 1.84. The molecule has 0 aromatic carbocycles. The van der Waals surface area contributed by atoms with Crippen molar-refractivity contribution < 1.29 is 22.7 Å². The second-order valence-corrected chi connectivity index (χ2v) is 2.98. The van der Waals surface area contributed by atoms with Crippen molar-refractivity contribution in [2.45, 2.75) is 12.6 Å². The first kappa shape index (κ1) is 12.3. The summed E-state index contributed by atoms with van der Waals surface area (Å²) in [5.41, 5.74) is 4.20. The highest BCUT2D eigenvalue weighted by molar-refractivity contribution is 5.73. The number of carbonyl (C=O) groups is 1. The van der Waals surface area contributed by atoms with Crippen LogP contribution in [0.1, 0.15) is 11.4 Å². The number of hydrogen-bond donors (Lipinski definition) is 1. The molecule has 1 rings (SSSR count). The maximum atomic E-state index is 12.3. The first-order valence-electron chi connectivity index (χ1n) is 4.24. The molecule has 1 aromatic rings. The standard InChI is InChI=1S/C9H9F3N2O2/c1-16-8(15)4-6-5(13)2-3-7(14-6)9(10,11)12/h2-3H,4,13H2,1H3. The summed E-state index contributed by atoms with van der Waals surface area (Å²) in [5, 5.41) is 0. The van der Waals surface area contributed by atoms with E-state index in [0.29, 0.717) is 0 Å². The molecule has 0 aliphatic carbocycles. The number of esters is 1. The Kier molecular flexibility index (Phi) is 3.36. The lowest BCUT2D eigenvalue weighted by molar-refractivity contribution is -0.142. The van der Waals surface area contributed by atoms with Gasteiger partial charge in [-0.1, -0.05) is 0 Å². The van der Waals surface area contributed by atoms with Crippen LogP contribution in [0.4, 0.5) is 18.9 Å². The molecule has 4 nitrogen and oxygen atoms in total. The van der Waals surface area contributed by atoms with E-state index in [1.54, 1.807) is 0 Å². The molecule has 2 N–H and O–H groups in total. The monoisotopic (exact) mass is 234 g/mol. The van der Waals surface area contributed by atoms with Crippen LogP contribution in [0.3, 0.4) is 0 Å². The number of hydrogen-bond acceptors (Lipinski definition) is 4. The van der Waals surface area contributed by atoms with Crippen molar-refractivity contribution in [1.29, 1.82) is 0 Å². The number of pyridine rings is 1. The summed E-state index contributed by atoms with van der Waals surface area (Å²) in [6.45, 7) is 0. The van der Waals surface area contributed by atoms with Crippen LogP contribution in [0.2, 0.25) is 0 Å². The van der Waals surface area contributed by atoms with E-state index in [4.69, 9.17) is 5.73 Å². The predicted molar refractivity (Wildman–Crippen MR) is 49.4 cm³/mol. The molecule has 0 fully saturated rings. The molecule has 16 heavy (non-hydrogen) atoms. The van der Waals surface area contributed by atoms with E-state index >= 15 is 0 Å². The van der Waals surface area contributed by atoms with E-state index in [2.05, 4.69) is 9.72 Å². The molecule has 1 heterocycles. The minimum atomic E-state index is -4.56. The van der Waals surface area contributed by atoms with Gasteiger partial charge < -0.3 is 10.5 Å². The summed E-state index contributed by atoms with van der Waals surface area (Å²) in [6.07, 6.45) is -4.94. The summed E-state index contributed by atoms with van der Waals surface area (Å²) in [7, 11) is 1.13. The Labute approximate surface area is 89.2 Å². The zero-order chi connectivity index (χ0) is 12.3. The number of nitrogens with zero attached hydrogens (tertiary/aromatic N) is 1. The first-order valence-corrected chi connectivity index (χ1v) is 4.24. The van der Waals surface area contributed by atoms with Gasteiger partial charge in [-0.2, -0.15) is 13.2 Å². The fourth-order valence-electron chi connectivity index (χ4n) is 1.02. The van der Waals surface area contributed by atoms with Crippen molar-refractivity contribution >= 4 is 11.7 Å². The molecular formula is C9H9F3N2O2. The highest BCUT2D eigenvalue weighted by atomic mass is 19.4. The number of carbonyl (C=O) groups excluding carboxylic acids is 1. The quantitative estimate of drug-likeness (QED) is 0.785. The van der Waals surface area contributed by atoms with Crippen molar-refractivity contribution in [2.24, 2.45) is 0 Å². The van der Waals surface area contributed by atoms with Crippen molar-refractivity contribution in [3.05, 3.63) is 23.5 Å². The SMILES string of the molecule is COC(=O)Cc1nc(C(F)(F)F)ccc1N. The minimum absolute atomic E-state index is 0.0263. The molecular weight excluding hydrogens is 225 g/mol. The van der Waals surface area contributed by atoms with Gasteiger partial charge in [0.25, 0.3) is 0 Å². The maximum Gasteiger partial charge on any atom is 0.433 e. The molecule has 0 amide bonds. The first-order chi connectivity index (χ1) is 7.34. The highest BCUT2D eigenvalue weighted by Gasteiger charge is 2.33. The number of anilines is 1. The number of ether oxygens (including phenoxy) is 1. The van der Waals surface area contributed by atoms with Gasteiger partial charge in [0.2, 0.25) is 0 Å². The van der Waals surface area contributed by atoms with Gasteiger partial charge in [0.1, 0.15) is 5.69 Å². The van der Waals surface area contributed by atoms with Crippen LogP contribution < -0.4 is 5.73 Å². The Morgan fingerprint density at radius 3 is 2.62 bits per heavy atom. The molecule has 0 bridgehead atoms. The number of nitrogen functional groups attached to an aromatic ring is 1. The van der Waals surface area contributed by atoms with Crippen LogP contribution in [0.15, 0.2) is 12.1 Å². The van der Waals surface area contributed by atoms with Crippen LogP contribution in [0.25, 0.3) is 0 Å². The van der Waals surface area contributed by atoms with Gasteiger partial charge in [0.15, 0.2) is 0 Å². The molecule has 0 aliphatic rings. The molecule has 0 saturated carbocycles.